The highest BCUT2D eigenvalue weighted by molar-refractivity contribution is 7.89. The molecule has 138 valence electrons. The third kappa shape index (κ3) is 3.51. The van der Waals surface area contributed by atoms with E-state index in [4.69, 9.17) is 9.47 Å². The maximum Gasteiger partial charge on any atom is 0.339 e. The van der Waals surface area contributed by atoms with Gasteiger partial charge in [-0.2, -0.15) is 4.31 Å². The summed E-state index contributed by atoms with van der Waals surface area (Å²) < 4.78 is 43.1. The van der Waals surface area contributed by atoms with Crippen molar-refractivity contribution in [3.05, 3.63) is 54.1 Å². The molecule has 3 rings (SSSR count). The van der Waals surface area contributed by atoms with Crippen molar-refractivity contribution in [1.29, 1.82) is 0 Å². The van der Waals surface area contributed by atoms with Gasteiger partial charge in [0.1, 0.15) is 12.7 Å². The zero-order valence-corrected chi connectivity index (χ0v) is 15.2. The molecule has 1 aliphatic rings. The molecule has 0 saturated heterocycles. The number of ether oxygens (including phenoxy) is 3. The Labute approximate surface area is 152 Å². The number of sulfonamides is 1. The first-order chi connectivity index (χ1) is 12.4. The molecule has 7 nitrogen and oxygen atoms in total. The number of carbonyl (C=O) groups is 1. The number of likely N-dealkylation sites (N-methyl/N-ethyl adjacent to an activating group) is 1. The first-order valence-electron chi connectivity index (χ1n) is 7.95. The molecule has 0 aromatic heterocycles. The van der Waals surface area contributed by atoms with Crippen LogP contribution >= 0.6 is 0 Å². The van der Waals surface area contributed by atoms with Crippen LogP contribution in [-0.4, -0.2) is 52.1 Å². The van der Waals surface area contributed by atoms with Gasteiger partial charge in [0.15, 0.2) is 11.5 Å². The highest BCUT2D eigenvalue weighted by Gasteiger charge is 2.30. The highest BCUT2D eigenvalue weighted by atomic mass is 32.2. The maximum atomic E-state index is 12.9. The van der Waals surface area contributed by atoms with Crippen LogP contribution in [-0.2, 0) is 14.8 Å². The number of fused-ring (bicyclic) bond motifs is 1. The van der Waals surface area contributed by atoms with Crippen LogP contribution in [0, 0.1) is 0 Å². The normalized spacial score (nSPS) is 16.3. The van der Waals surface area contributed by atoms with Gasteiger partial charge in [-0.05, 0) is 24.3 Å². The Hall–Kier alpha value is -2.58. The summed E-state index contributed by atoms with van der Waals surface area (Å²) in [4.78, 5) is 11.8. The Morgan fingerprint density at radius 2 is 1.81 bits per heavy atom. The molecule has 1 atom stereocenters. The topological polar surface area (TPSA) is 82.1 Å². The minimum absolute atomic E-state index is 0.00647. The van der Waals surface area contributed by atoms with E-state index < -0.39 is 22.1 Å². The van der Waals surface area contributed by atoms with Crippen LogP contribution in [0.4, 0.5) is 0 Å². The molecule has 1 unspecified atom stereocenters. The average Bonchev–Trinajstić information content (AvgIpc) is 2.67. The fraction of sp³-hybridized carbons (Fsp3) is 0.278. The van der Waals surface area contributed by atoms with Gasteiger partial charge in [-0.1, -0.05) is 24.3 Å². The molecule has 0 N–H and O–H groups in total. The van der Waals surface area contributed by atoms with E-state index >= 15 is 0 Å². The van der Waals surface area contributed by atoms with Crippen LogP contribution in [0.25, 0.3) is 0 Å². The Bertz CT molecular complexity index is 911. The van der Waals surface area contributed by atoms with E-state index in [0.29, 0.717) is 11.5 Å². The van der Waals surface area contributed by atoms with Crippen molar-refractivity contribution >= 4 is 16.0 Å². The zero-order valence-electron chi connectivity index (χ0n) is 14.4. The summed E-state index contributed by atoms with van der Waals surface area (Å²) in [6.07, 6.45) is -0.463. The standard InChI is InChI=1S/C18H19NO6S/c1-19(11-13-12-24-15-8-4-5-9-16(15)25-13)26(21,22)17-10-6-3-7-14(17)18(20)23-2/h3-10,13H,11-12H2,1-2H3. The lowest BCUT2D eigenvalue weighted by Gasteiger charge is -2.29. The second-order valence-corrected chi connectivity index (χ2v) is 7.78. The summed E-state index contributed by atoms with van der Waals surface area (Å²) >= 11 is 0. The molecule has 0 radical (unpaired) electrons. The molecule has 26 heavy (non-hydrogen) atoms. The Morgan fingerprint density at radius 1 is 1.15 bits per heavy atom. The largest absolute Gasteiger partial charge is 0.486 e. The molecule has 8 heteroatoms. The SMILES string of the molecule is COC(=O)c1ccccc1S(=O)(=O)N(C)CC1COc2ccccc2O1. The molecular formula is C18H19NO6S. The summed E-state index contributed by atoms with van der Waals surface area (Å²) in [7, 11) is -1.26. The van der Waals surface area contributed by atoms with Gasteiger partial charge in [0, 0.05) is 7.05 Å². The van der Waals surface area contributed by atoms with Gasteiger partial charge in [-0.3, -0.25) is 0 Å². The smallest absolute Gasteiger partial charge is 0.339 e. The molecule has 0 amide bonds. The van der Waals surface area contributed by atoms with E-state index in [0.717, 1.165) is 4.31 Å². The second-order valence-electron chi connectivity index (χ2n) is 5.77. The average molecular weight is 377 g/mol. The Kier molecular flexibility index (Phi) is 5.15. The number of hydrogen-bond donors (Lipinski definition) is 0. The van der Waals surface area contributed by atoms with Crippen LogP contribution in [0.1, 0.15) is 10.4 Å². The van der Waals surface area contributed by atoms with Crippen molar-refractivity contribution in [3.8, 4) is 11.5 Å². The quantitative estimate of drug-likeness (QED) is 0.741. The fourth-order valence-electron chi connectivity index (χ4n) is 2.68. The number of nitrogens with zero attached hydrogens (tertiary/aromatic N) is 1. The molecule has 0 aliphatic carbocycles. The summed E-state index contributed by atoms with van der Waals surface area (Å²) in [5, 5.41) is 0. The summed E-state index contributed by atoms with van der Waals surface area (Å²) in [5.41, 5.74) is -0.00647. The molecule has 0 fully saturated rings. The van der Waals surface area contributed by atoms with Crippen molar-refractivity contribution in [1.82, 2.24) is 4.31 Å². The summed E-state index contributed by atoms with van der Waals surface area (Å²) in [6, 6.07) is 13.2. The van der Waals surface area contributed by atoms with Crippen molar-refractivity contribution in [2.24, 2.45) is 0 Å². The van der Waals surface area contributed by atoms with Crippen molar-refractivity contribution in [3.63, 3.8) is 0 Å². The lowest BCUT2D eigenvalue weighted by atomic mass is 10.2. The van der Waals surface area contributed by atoms with E-state index in [1.807, 2.05) is 12.1 Å². The van der Waals surface area contributed by atoms with E-state index in [9.17, 15) is 13.2 Å². The molecule has 2 aromatic carbocycles. The fourth-order valence-corrected chi connectivity index (χ4v) is 4.05. The second kappa shape index (κ2) is 7.35. The number of para-hydroxylation sites is 2. The number of benzene rings is 2. The molecule has 2 aromatic rings. The molecule has 0 bridgehead atoms. The highest BCUT2D eigenvalue weighted by Crippen LogP contribution is 2.31. The van der Waals surface area contributed by atoms with E-state index in [1.54, 1.807) is 24.3 Å². The molecule has 1 aliphatic heterocycles. The molecule has 0 saturated carbocycles. The lowest BCUT2D eigenvalue weighted by molar-refractivity contribution is 0.0596. The minimum Gasteiger partial charge on any atom is -0.486 e. The minimum atomic E-state index is -3.90. The van der Waals surface area contributed by atoms with Gasteiger partial charge in [0.25, 0.3) is 0 Å². The van der Waals surface area contributed by atoms with Gasteiger partial charge < -0.3 is 14.2 Å². The van der Waals surface area contributed by atoms with E-state index in [1.165, 1.54) is 26.3 Å². The van der Waals surface area contributed by atoms with Crippen molar-refractivity contribution < 1.29 is 27.4 Å². The number of methoxy groups -OCH3 is 1. The monoisotopic (exact) mass is 377 g/mol. The third-order valence-electron chi connectivity index (χ3n) is 4.01. The lowest BCUT2D eigenvalue weighted by Crippen LogP contribution is -2.42. The van der Waals surface area contributed by atoms with Crippen LogP contribution in [0.5, 0.6) is 11.5 Å². The Morgan fingerprint density at radius 3 is 2.54 bits per heavy atom. The van der Waals surface area contributed by atoms with Gasteiger partial charge in [-0.25, -0.2) is 13.2 Å². The van der Waals surface area contributed by atoms with Crippen LogP contribution in [0.3, 0.4) is 0 Å². The van der Waals surface area contributed by atoms with E-state index in [2.05, 4.69) is 4.74 Å². The van der Waals surface area contributed by atoms with Crippen molar-refractivity contribution in [2.75, 3.05) is 27.3 Å². The first kappa shape index (κ1) is 18.2. The Balaban J connectivity index is 1.80. The summed E-state index contributed by atoms with van der Waals surface area (Å²) in [6.45, 7) is 0.307. The third-order valence-corrected chi connectivity index (χ3v) is 5.89. The number of hydrogen-bond acceptors (Lipinski definition) is 6. The zero-order chi connectivity index (χ0) is 18.7. The predicted octanol–water partition coefficient (Wildman–Crippen LogP) is 1.93. The van der Waals surface area contributed by atoms with Gasteiger partial charge in [0.2, 0.25) is 10.0 Å². The van der Waals surface area contributed by atoms with Gasteiger partial charge in [0.05, 0.1) is 24.1 Å². The van der Waals surface area contributed by atoms with Crippen molar-refractivity contribution in [2.45, 2.75) is 11.0 Å². The van der Waals surface area contributed by atoms with Gasteiger partial charge in [-0.15, -0.1) is 0 Å². The maximum absolute atomic E-state index is 12.9. The summed E-state index contributed by atoms with van der Waals surface area (Å²) in [5.74, 6) is 0.499. The van der Waals surface area contributed by atoms with Crippen LogP contribution in [0.2, 0.25) is 0 Å². The van der Waals surface area contributed by atoms with E-state index in [-0.39, 0.29) is 23.6 Å². The molecule has 0 spiro atoms. The predicted molar refractivity (Wildman–Crippen MR) is 94.0 cm³/mol. The first-order valence-corrected chi connectivity index (χ1v) is 9.39. The number of carbonyl (C=O) groups excluding carboxylic acids is 1. The molecular weight excluding hydrogens is 358 g/mol. The van der Waals surface area contributed by atoms with Gasteiger partial charge >= 0.3 is 5.97 Å². The molecule has 1 heterocycles. The number of rotatable bonds is 5. The number of esters is 1. The van der Waals surface area contributed by atoms with Crippen LogP contribution < -0.4 is 9.47 Å². The van der Waals surface area contributed by atoms with Crippen LogP contribution in [0.15, 0.2) is 53.4 Å².